The second-order valence-corrected chi connectivity index (χ2v) is 4.96. The van der Waals surface area contributed by atoms with Gasteiger partial charge in [-0.05, 0) is 0 Å². The van der Waals surface area contributed by atoms with Crippen LogP contribution in [0.5, 0.6) is 0 Å². The van der Waals surface area contributed by atoms with Crippen LogP contribution in [0.25, 0.3) is 0 Å². The van der Waals surface area contributed by atoms with Crippen LogP contribution < -0.4 is 0 Å². The molecule has 0 fully saturated rings. The van der Waals surface area contributed by atoms with Gasteiger partial charge in [0.15, 0.2) is 11.2 Å². The molecular formula is C12H18Mg3O15. The predicted octanol–water partition coefficient (Wildman–Crippen LogP) is -4.46. The van der Waals surface area contributed by atoms with Crippen molar-refractivity contribution in [3.63, 3.8) is 0 Å². The summed E-state index contributed by atoms with van der Waals surface area (Å²) >= 11 is 0. The number of hydrogen-bond donors (Lipinski definition) is 8. The van der Waals surface area contributed by atoms with E-state index in [0.29, 0.717) is 0 Å². The maximum absolute atomic E-state index is 10.3. The molecule has 0 heterocycles. The highest BCUT2D eigenvalue weighted by molar-refractivity contribution is 5.88. The molecule has 0 aromatic heterocycles. The molecule has 0 aromatic carbocycles. The average Bonchev–Trinajstić information content (AvgIpc) is 2.34. The zero-order valence-electron chi connectivity index (χ0n) is 15.5. The molecule has 10 N–H and O–H groups in total. The highest BCUT2D eigenvalue weighted by Crippen LogP contribution is 2.16. The summed E-state index contributed by atoms with van der Waals surface area (Å²) in [5.74, 6) is -10.0. The second kappa shape index (κ2) is 18.7. The average molecular weight is 475 g/mol. The lowest BCUT2D eigenvalue weighted by Crippen LogP contribution is -2.42. The van der Waals surface area contributed by atoms with Gasteiger partial charge in [-0.1, -0.05) is 0 Å². The van der Waals surface area contributed by atoms with E-state index in [4.69, 9.17) is 40.9 Å². The van der Waals surface area contributed by atoms with Crippen LogP contribution in [-0.2, 0) is 28.8 Å². The molecule has 0 atom stereocenters. The van der Waals surface area contributed by atoms with Gasteiger partial charge in [0.1, 0.15) is 0 Å². The van der Waals surface area contributed by atoms with Crippen LogP contribution in [0, 0.1) is 0 Å². The van der Waals surface area contributed by atoms with Gasteiger partial charge in [-0.15, -0.1) is 0 Å². The Labute approximate surface area is 215 Å². The normalized spacial score (nSPS) is 9.40. The van der Waals surface area contributed by atoms with E-state index in [9.17, 15) is 28.8 Å². The zero-order chi connectivity index (χ0) is 21.3. The maximum Gasteiger partial charge on any atom is 0.336 e. The van der Waals surface area contributed by atoms with Gasteiger partial charge in [0, 0.05) is 69.2 Å². The van der Waals surface area contributed by atoms with Gasteiger partial charge in [-0.25, -0.2) is 9.59 Å². The van der Waals surface area contributed by atoms with E-state index >= 15 is 0 Å². The van der Waals surface area contributed by atoms with Crippen LogP contribution in [0.3, 0.4) is 0 Å². The summed E-state index contributed by atoms with van der Waals surface area (Å²) in [5, 5.41) is 67.6. The minimum atomic E-state index is -2.74. The SMILES string of the molecule is O.O=C(O)CC(O)(CC(=O)O)C(=O)O.O=C(O)CC(O)(CC(=O)O)C(=O)O.[Mg].[Mg].[Mg]. The largest absolute Gasteiger partial charge is 0.481 e. The number of carboxylic acid groups (broad SMARTS) is 6. The summed E-state index contributed by atoms with van der Waals surface area (Å²) in [7, 11) is 0. The first-order valence-corrected chi connectivity index (χ1v) is 6.34. The number of aliphatic carboxylic acids is 6. The number of carbonyl (C=O) groups is 6. The van der Waals surface area contributed by atoms with Crippen LogP contribution >= 0.6 is 0 Å². The molecule has 0 aromatic rings. The number of rotatable bonds is 10. The zero-order valence-corrected chi connectivity index (χ0v) is 19.7. The quantitative estimate of drug-likeness (QED) is 0.138. The van der Waals surface area contributed by atoms with Gasteiger partial charge in [0.2, 0.25) is 0 Å². The van der Waals surface area contributed by atoms with E-state index in [1.165, 1.54) is 0 Å². The minimum absolute atomic E-state index is 0. The number of carboxylic acids is 6. The Bertz CT molecular complexity index is 522. The van der Waals surface area contributed by atoms with Gasteiger partial charge >= 0.3 is 35.8 Å². The molecule has 15 nitrogen and oxygen atoms in total. The standard InChI is InChI=1S/2C6H8O7.3Mg.H2O/c2*7-3(8)1-6(13,5(11)12)2-4(9)10;;;;/h2*13H,1-2H2,(H,7,8)(H,9,10)(H,11,12);;;;1H2. The summed E-state index contributed by atoms with van der Waals surface area (Å²) in [5.41, 5.74) is -5.48. The topological polar surface area (TPSA) is 296 Å². The third-order valence-electron chi connectivity index (χ3n) is 2.57. The molecule has 0 amide bonds. The molecular weight excluding hydrogens is 457 g/mol. The van der Waals surface area contributed by atoms with Crippen molar-refractivity contribution in [2.75, 3.05) is 0 Å². The van der Waals surface area contributed by atoms with E-state index in [-0.39, 0.29) is 74.6 Å². The van der Waals surface area contributed by atoms with Crippen LogP contribution in [0.4, 0.5) is 0 Å². The first-order valence-electron chi connectivity index (χ1n) is 6.34. The molecule has 0 unspecified atom stereocenters. The summed E-state index contributed by atoms with van der Waals surface area (Å²) in [6.07, 6.45) is -4.58. The molecule has 162 valence electrons. The highest BCUT2D eigenvalue weighted by Gasteiger charge is 2.41. The molecule has 0 spiro atoms. The highest BCUT2D eigenvalue weighted by atomic mass is 24.3. The Morgan fingerprint density at radius 1 is 0.467 bits per heavy atom. The summed E-state index contributed by atoms with van der Waals surface area (Å²) < 4.78 is 0. The third kappa shape index (κ3) is 19.0. The van der Waals surface area contributed by atoms with Crippen molar-refractivity contribution < 1.29 is 75.1 Å². The molecule has 0 aliphatic carbocycles. The molecule has 18 heteroatoms. The van der Waals surface area contributed by atoms with Gasteiger partial charge < -0.3 is 46.3 Å². The fourth-order valence-electron chi connectivity index (χ4n) is 1.43. The van der Waals surface area contributed by atoms with Gasteiger partial charge in [-0.3, -0.25) is 19.2 Å². The lowest BCUT2D eigenvalue weighted by Gasteiger charge is -2.18. The molecule has 0 bridgehead atoms. The first-order chi connectivity index (χ1) is 11.6. The van der Waals surface area contributed by atoms with Crippen molar-refractivity contribution in [2.45, 2.75) is 36.9 Å². The Balaban J connectivity index is -0.0000000847. The van der Waals surface area contributed by atoms with Gasteiger partial charge in [-0.2, -0.15) is 0 Å². The van der Waals surface area contributed by atoms with E-state index in [0.717, 1.165) is 0 Å². The van der Waals surface area contributed by atoms with Crippen molar-refractivity contribution in [2.24, 2.45) is 0 Å². The van der Waals surface area contributed by atoms with E-state index in [1.807, 2.05) is 0 Å². The molecule has 0 rings (SSSR count). The Morgan fingerprint density at radius 2 is 0.600 bits per heavy atom. The Kier molecular flexibility index (Phi) is 26.9. The summed E-state index contributed by atoms with van der Waals surface area (Å²) in [6, 6.07) is 0. The second-order valence-electron chi connectivity index (χ2n) is 4.96. The predicted molar refractivity (Wildman–Crippen MR) is 95.1 cm³/mol. The Morgan fingerprint density at radius 3 is 0.667 bits per heavy atom. The first kappa shape index (κ1) is 43.0. The van der Waals surface area contributed by atoms with Crippen molar-refractivity contribution in [1.29, 1.82) is 0 Å². The monoisotopic (exact) mass is 474 g/mol. The van der Waals surface area contributed by atoms with E-state index in [1.54, 1.807) is 0 Å². The molecule has 0 aliphatic heterocycles. The fourth-order valence-corrected chi connectivity index (χ4v) is 1.43. The van der Waals surface area contributed by atoms with Crippen molar-refractivity contribution in [3.8, 4) is 0 Å². The third-order valence-corrected chi connectivity index (χ3v) is 2.57. The van der Waals surface area contributed by atoms with E-state index in [2.05, 4.69) is 0 Å². The molecule has 0 saturated heterocycles. The van der Waals surface area contributed by atoms with Gasteiger partial charge in [0.05, 0.1) is 25.7 Å². The fraction of sp³-hybridized carbons (Fsp3) is 0.500. The molecule has 30 heavy (non-hydrogen) atoms. The van der Waals surface area contributed by atoms with Crippen LogP contribution in [0.15, 0.2) is 0 Å². The van der Waals surface area contributed by atoms with Crippen LogP contribution in [0.2, 0.25) is 0 Å². The van der Waals surface area contributed by atoms with Crippen molar-refractivity contribution in [1.82, 2.24) is 0 Å². The maximum atomic E-state index is 10.3. The number of aliphatic hydroxyl groups is 2. The molecule has 0 aliphatic rings. The molecule has 0 saturated carbocycles. The number of hydrogen-bond acceptors (Lipinski definition) is 8. The summed E-state index contributed by atoms with van der Waals surface area (Å²) in [6.45, 7) is 0. The summed E-state index contributed by atoms with van der Waals surface area (Å²) in [4.78, 5) is 61.0. The minimum Gasteiger partial charge on any atom is -0.481 e. The van der Waals surface area contributed by atoms with E-state index < -0.39 is 72.7 Å². The Hall–Kier alpha value is -1.00. The smallest absolute Gasteiger partial charge is 0.336 e. The van der Waals surface area contributed by atoms with Crippen molar-refractivity contribution in [3.05, 3.63) is 0 Å². The van der Waals surface area contributed by atoms with Crippen molar-refractivity contribution >= 4 is 105 Å². The van der Waals surface area contributed by atoms with Crippen LogP contribution in [-0.4, -0.2) is 163 Å². The molecule has 6 radical (unpaired) electrons. The van der Waals surface area contributed by atoms with Crippen LogP contribution in [0.1, 0.15) is 25.7 Å². The lowest BCUT2D eigenvalue weighted by atomic mass is 9.96. The lowest BCUT2D eigenvalue weighted by molar-refractivity contribution is -0.170. The van der Waals surface area contributed by atoms with Gasteiger partial charge in [0.25, 0.3) is 0 Å².